The maximum Gasteiger partial charge on any atom is 0.319 e. The summed E-state index contributed by atoms with van der Waals surface area (Å²) in [6.07, 6.45) is 6.78. The molecule has 0 aromatic carbocycles. The fraction of sp³-hybridized carbons (Fsp3) is 0.739. The summed E-state index contributed by atoms with van der Waals surface area (Å²) >= 11 is 0. The number of likely N-dealkylation sites (tertiary alicyclic amines) is 1. The van der Waals surface area contributed by atoms with Crippen LogP contribution in [-0.2, 0) is 14.3 Å². The molecule has 10 nitrogen and oxygen atoms in total. The van der Waals surface area contributed by atoms with E-state index in [0.717, 1.165) is 38.5 Å². The van der Waals surface area contributed by atoms with Crippen LogP contribution in [-0.4, -0.2) is 103 Å². The van der Waals surface area contributed by atoms with E-state index in [0.29, 0.717) is 38.8 Å². The third-order valence-corrected chi connectivity index (χ3v) is 6.79. The quantitative estimate of drug-likeness (QED) is 0.660. The van der Waals surface area contributed by atoms with Crippen LogP contribution in [0.1, 0.15) is 38.5 Å². The molecular formula is C23H35FN6O4. The van der Waals surface area contributed by atoms with Gasteiger partial charge in [-0.1, -0.05) is 0 Å². The molecule has 0 saturated carbocycles. The molecule has 188 valence electrons. The standard InChI is InChI=1S/C23H35FN6O4/c1-28(2)23(32)30-9-3-5-18(27-21(31)20-6-4-12-33-20)19(30)15-34-17-7-10-29(11-8-17)22-25-13-16(24)14-26-22/h13-14,17-20H,3-12,15H2,1-2H3,(H,27,31)/t18-,19-,20+/m1/s1. The van der Waals surface area contributed by atoms with E-state index in [1.807, 2.05) is 9.80 Å². The van der Waals surface area contributed by atoms with E-state index in [1.54, 1.807) is 19.0 Å². The fourth-order valence-corrected chi connectivity index (χ4v) is 4.91. The summed E-state index contributed by atoms with van der Waals surface area (Å²) in [6, 6.07) is -0.498. The van der Waals surface area contributed by atoms with Crippen molar-refractivity contribution in [2.75, 3.05) is 51.8 Å². The lowest BCUT2D eigenvalue weighted by Crippen LogP contribution is -2.61. The predicted molar refractivity (Wildman–Crippen MR) is 123 cm³/mol. The Kier molecular flexibility index (Phi) is 8.15. The number of nitrogens with one attached hydrogen (secondary N) is 1. The van der Waals surface area contributed by atoms with E-state index in [4.69, 9.17) is 9.47 Å². The molecule has 0 bridgehead atoms. The van der Waals surface area contributed by atoms with Crippen LogP contribution in [0.25, 0.3) is 0 Å². The van der Waals surface area contributed by atoms with Gasteiger partial charge in [-0.3, -0.25) is 4.79 Å². The van der Waals surface area contributed by atoms with Crippen LogP contribution in [0.5, 0.6) is 0 Å². The van der Waals surface area contributed by atoms with Crippen molar-refractivity contribution in [3.05, 3.63) is 18.2 Å². The minimum Gasteiger partial charge on any atom is -0.376 e. The van der Waals surface area contributed by atoms with Crippen molar-refractivity contribution in [1.29, 1.82) is 0 Å². The zero-order valence-electron chi connectivity index (χ0n) is 20.0. The third-order valence-electron chi connectivity index (χ3n) is 6.79. The molecule has 0 unspecified atom stereocenters. The number of piperidine rings is 2. The molecule has 3 saturated heterocycles. The topological polar surface area (TPSA) is 100 Å². The van der Waals surface area contributed by atoms with Gasteiger partial charge in [0.2, 0.25) is 11.9 Å². The minimum absolute atomic E-state index is 0.0319. The lowest BCUT2D eigenvalue weighted by molar-refractivity contribution is -0.132. The monoisotopic (exact) mass is 478 g/mol. The summed E-state index contributed by atoms with van der Waals surface area (Å²) in [5.41, 5.74) is 0. The van der Waals surface area contributed by atoms with Gasteiger partial charge in [-0.25, -0.2) is 19.2 Å². The number of carbonyl (C=O) groups excluding carboxylic acids is 2. The second-order valence-electron chi connectivity index (χ2n) is 9.42. The number of anilines is 1. The number of rotatable bonds is 6. The third kappa shape index (κ3) is 5.93. The predicted octanol–water partition coefficient (Wildman–Crippen LogP) is 1.41. The molecular weight excluding hydrogens is 443 g/mol. The van der Waals surface area contributed by atoms with E-state index >= 15 is 0 Å². The van der Waals surface area contributed by atoms with Crippen molar-refractivity contribution < 1.29 is 23.5 Å². The molecule has 4 heterocycles. The molecule has 1 aromatic heterocycles. The summed E-state index contributed by atoms with van der Waals surface area (Å²) < 4.78 is 24.9. The van der Waals surface area contributed by atoms with Gasteiger partial charge in [0.1, 0.15) is 6.10 Å². The first-order chi connectivity index (χ1) is 16.4. The van der Waals surface area contributed by atoms with Crippen molar-refractivity contribution in [3.63, 3.8) is 0 Å². The molecule has 34 heavy (non-hydrogen) atoms. The Morgan fingerprint density at radius 3 is 2.53 bits per heavy atom. The zero-order chi connectivity index (χ0) is 24.1. The van der Waals surface area contributed by atoms with Gasteiger partial charge in [-0.15, -0.1) is 0 Å². The van der Waals surface area contributed by atoms with E-state index < -0.39 is 11.9 Å². The molecule has 0 radical (unpaired) electrons. The maximum atomic E-state index is 13.1. The SMILES string of the molecule is CN(C)C(=O)N1CCC[C@@H](NC(=O)[C@@H]2CCCO2)[C@H]1COC1CCN(c2ncc(F)cn2)CC1. The number of carbonyl (C=O) groups is 2. The van der Waals surface area contributed by atoms with Crippen LogP contribution in [0.2, 0.25) is 0 Å². The van der Waals surface area contributed by atoms with E-state index in [1.165, 1.54) is 12.4 Å². The summed E-state index contributed by atoms with van der Waals surface area (Å²) in [6.45, 7) is 3.02. The van der Waals surface area contributed by atoms with Crippen LogP contribution in [0.4, 0.5) is 15.1 Å². The number of aromatic nitrogens is 2. The number of nitrogens with zero attached hydrogens (tertiary/aromatic N) is 5. The van der Waals surface area contributed by atoms with E-state index in [-0.39, 0.29) is 30.1 Å². The molecule has 0 aliphatic carbocycles. The van der Waals surface area contributed by atoms with Crippen molar-refractivity contribution in [2.24, 2.45) is 0 Å². The highest BCUT2D eigenvalue weighted by Crippen LogP contribution is 2.24. The first kappa shape index (κ1) is 24.6. The smallest absolute Gasteiger partial charge is 0.319 e. The Morgan fingerprint density at radius 2 is 1.88 bits per heavy atom. The first-order valence-corrected chi connectivity index (χ1v) is 12.2. The van der Waals surface area contributed by atoms with Crippen LogP contribution < -0.4 is 10.2 Å². The average Bonchev–Trinajstić information content (AvgIpc) is 3.39. The van der Waals surface area contributed by atoms with Gasteiger partial charge in [0.05, 0.1) is 37.2 Å². The number of halogens is 1. The van der Waals surface area contributed by atoms with Crippen molar-refractivity contribution in [3.8, 4) is 0 Å². The van der Waals surface area contributed by atoms with Gasteiger partial charge in [0.15, 0.2) is 5.82 Å². The van der Waals surface area contributed by atoms with Gasteiger partial charge >= 0.3 is 6.03 Å². The van der Waals surface area contributed by atoms with Crippen molar-refractivity contribution >= 4 is 17.9 Å². The number of urea groups is 1. The average molecular weight is 479 g/mol. The highest BCUT2D eigenvalue weighted by molar-refractivity contribution is 5.81. The van der Waals surface area contributed by atoms with Gasteiger partial charge in [-0.2, -0.15) is 0 Å². The van der Waals surface area contributed by atoms with Gasteiger partial charge in [0.25, 0.3) is 0 Å². The van der Waals surface area contributed by atoms with Gasteiger partial charge in [0, 0.05) is 40.3 Å². The molecule has 11 heteroatoms. The van der Waals surface area contributed by atoms with E-state index in [2.05, 4.69) is 15.3 Å². The lowest BCUT2D eigenvalue weighted by atomic mass is 9.96. The molecule has 1 aromatic rings. The maximum absolute atomic E-state index is 13.1. The van der Waals surface area contributed by atoms with Crippen molar-refractivity contribution in [1.82, 2.24) is 25.1 Å². The Bertz CT molecular complexity index is 827. The molecule has 3 fully saturated rings. The Morgan fingerprint density at radius 1 is 1.15 bits per heavy atom. The Labute approximate surface area is 199 Å². The summed E-state index contributed by atoms with van der Waals surface area (Å²) in [5.74, 6) is -0.0292. The highest BCUT2D eigenvalue weighted by atomic mass is 19.1. The number of ether oxygens (including phenoxy) is 2. The molecule has 3 amide bonds. The van der Waals surface area contributed by atoms with Crippen molar-refractivity contribution in [2.45, 2.75) is 62.8 Å². The number of hydrogen-bond donors (Lipinski definition) is 1. The second-order valence-corrected chi connectivity index (χ2v) is 9.42. The van der Waals surface area contributed by atoms with E-state index in [9.17, 15) is 14.0 Å². The Hall–Kier alpha value is -2.53. The largest absolute Gasteiger partial charge is 0.376 e. The fourth-order valence-electron chi connectivity index (χ4n) is 4.91. The summed E-state index contributed by atoms with van der Waals surface area (Å²) in [4.78, 5) is 39.2. The normalized spacial score (nSPS) is 25.9. The second kappa shape index (κ2) is 11.3. The van der Waals surface area contributed by atoms with Crippen LogP contribution >= 0.6 is 0 Å². The van der Waals surface area contributed by atoms with Crippen LogP contribution in [0.15, 0.2) is 12.4 Å². The van der Waals surface area contributed by atoms with Gasteiger partial charge in [-0.05, 0) is 38.5 Å². The lowest BCUT2D eigenvalue weighted by Gasteiger charge is -2.43. The highest BCUT2D eigenvalue weighted by Gasteiger charge is 2.38. The molecule has 3 aliphatic rings. The number of hydrogen-bond acceptors (Lipinski definition) is 7. The Balaban J connectivity index is 1.35. The zero-order valence-corrected chi connectivity index (χ0v) is 20.0. The van der Waals surface area contributed by atoms with Crippen LogP contribution in [0.3, 0.4) is 0 Å². The molecule has 1 N–H and O–H groups in total. The molecule has 3 atom stereocenters. The summed E-state index contributed by atoms with van der Waals surface area (Å²) in [5, 5.41) is 3.14. The minimum atomic E-state index is -0.451. The van der Waals surface area contributed by atoms with Crippen LogP contribution in [0, 0.1) is 5.82 Å². The molecule has 4 rings (SSSR count). The first-order valence-electron chi connectivity index (χ1n) is 12.2. The molecule has 3 aliphatic heterocycles. The van der Waals surface area contributed by atoms with Gasteiger partial charge < -0.3 is 29.5 Å². The molecule has 0 spiro atoms. The summed E-state index contributed by atoms with van der Waals surface area (Å²) in [7, 11) is 3.48. The number of amides is 3.